The zero-order valence-electron chi connectivity index (χ0n) is 9.99. The third kappa shape index (κ3) is 9.61. The molecule has 0 aromatic carbocycles. The van der Waals surface area contributed by atoms with E-state index in [0.29, 0.717) is 19.8 Å². The molecular weight excluding hydrogens is 212 g/mol. The Bertz CT molecular complexity index is 203. The lowest BCUT2D eigenvalue weighted by atomic mass is 10.2. The van der Waals surface area contributed by atoms with E-state index in [2.05, 4.69) is 0 Å². The molecule has 0 aliphatic rings. The van der Waals surface area contributed by atoms with E-state index in [1.165, 1.54) is 0 Å². The van der Waals surface area contributed by atoms with E-state index < -0.39 is 0 Å². The number of hydrogen-bond acceptors (Lipinski definition) is 5. The molecule has 0 rings (SSSR count). The maximum Gasteiger partial charge on any atom is 0.306 e. The molecule has 5 nitrogen and oxygen atoms in total. The number of methoxy groups -OCH3 is 1. The maximum absolute atomic E-state index is 11.2. The normalized spacial score (nSPS) is 10.1. The van der Waals surface area contributed by atoms with Crippen molar-refractivity contribution in [1.29, 1.82) is 0 Å². The first-order chi connectivity index (χ1) is 7.70. The molecule has 0 bridgehead atoms. The molecule has 0 aromatic rings. The van der Waals surface area contributed by atoms with Gasteiger partial charge in [-0.25, -0.2) is 0 Å². The Hall–Kier alpha value is -0.940. The van der Waals surface area contributed by atoms with Crippen LogP contribution in [0.15, 0.2) is 0 Å². The average molecular weight is 232 g/mol. The van der Waals surface area contributed by atoms with Crippen molar-refractivity contribution in [1.82, 2.24) is 0 Å². The Morgan fingerprint density at radius 2 is 1.88 bits per heavy atom. The number of carbonyl (C=O) groups excluding carboxylic acids is 2. The molecule has 16 heavy (non-hydrogen) atoms. The van der Waals surface area contributed by atoms with Crippen LogP contribution in [0.25, 0.3) is 0 Å². The second-order valence-corrected chi connectivity index (χ2v) is 3.24. The van der Waals surface area contributed by atoms with Crippen LogP contribution in [0.4, 0.5) is 0 Å². The Balaban J connectivity index is 3.34. The van der Waals surface area contributed by atoms with Gasteiger partial charge in [-0.1, -0.05) is 0 Å². The van der Waals surface area contributed by atoms with E-state index in [1.54, 1.807) is 14.0 Å². The third-order valence-corrected chi connectivity index (χ3v) is 1.81. The van der Waals surface area contributed by atoms with Crippen LogP contribution in [0.2, 0.25) is 0 Å². The molecular formula is C11H20O5. The minimum Gasteiger partial charge on any atom is -0.466 e. The maximum atomic E-state index is 11.2. The zero-order chi connectivity index (χ0) is 12.2. The zero-order valence-corrected chi connectivity index (χ0v) is 9.99. The molecule has 0 N–H and O–H groups in total. The van der Waals surface area contributed by atoms with E-state index >= 15 is 0 Å². The van der Waals surface area contributed by atoms with Gasteiger partial charge >= 0.3 is 5.97 Å². The van der Waals surface area contributed by atoms with Crippen LogP contribution in [0, 0.1) is 0 Å². The van der Waals surface area contributed by atoms with E-state index in [1.807, 2.05) is 0 Å². The summed E-state index contributed by atoms with van der Waals surface area (Å²) >= 11 is 0. The van der Waals surface area contributed by atoms with Crippen LogP contribution in [0.5, 0.6) is 0 Å². The van der Waals surface area contributed by atoms with Crippen LogP contribution in [0.3, 0.4) is 0 Å². The van der Waals surface area contributed by atoms with Crippen LogP contribution in [0.1, 0.15) is 26.2 Å². The molecule has 0 saturated carbocycles. The van der Waals surface area contributed by atoms with Gasteiger partial charge in [0, 0.05) is 26.7 Å². The summed E-state index contributed by atoms with van der Waals surface area (Å²) in [4.78, 5) is 22.2. The number of hydrogen-bond donors (Lipinski definition) is 0. The quantitative estimate of drug-likeness (QED) is 0.414. The molecule has 0 aliphatic carbocycles. The fourth-order valence-corrected chi connectivity index (χ4v) is 1.04. The molecule has 0 heterocycles. The van der Waals surface area contributed by atoms with Gasteiger partial charge in [0.2, 0.25) is 0 Å². The van der Waals surface area contributed by atoms with Crippen LogP contribution in [-0.4, -0.2) is 45.3 Å². The summed E-state index contributed by atoms with van der Waals surface area (Å²) in [6, 6.07) is 0. The third-order valence-electron chi connectivity index (χ3n) is 1.81. The molecule has 0 spiro atoms. The molecule has 0 fully saturated rings. The highest BCUT2D eigenvalue weighted by atomic mass is 16.5. The van der Waals surface area contributed by atoms with E-state index in [-0.39, 0.29) is 31.2 Å². The molecule has 0 saturated heterocycles. The summed E-state index contributed by atoms with van der Waals surface area (Å²) in [5.74, 6) is -0.416. The van der Waals surface area contributed by atoms with Gasteiger partial charge in [0.05, 0.1) is 13.0 Å². The lowest BCUT2D eigenvalue weighted by Gasteiger charge is -2.03. The summed E-state index contributed by atoms with van der Waals surface area (Å²) in [6.07, 6.45) is 1.08. The number of ether oxygens (including phenoxy) is 3. The number of esters is 1. The predicted octanol–water partition coefficient (Wildman–Crippen LogP) is 0.952. The molecule has 94 valence electrons. The standard InChI is InChI=1S/C11H20O5/c1-3-16-11(13)6-5-10(12)9-15-8-4-7-14-2/h3-9H2,1-2H3. The number of Topliss-reactive ketones (excluding diaryl/α,β-unsaturated/α-hetero) is 1. The summed E-state index contributed by atoms with van der Waals surface area (Å²) in [7, 11) is 1.62. The SMILES string of the molecule is CCOC(=O)CCC(=O)COCCCOC. The Labute approximate surface area is 96.1 Å². The van der Waals surface area contributed by atoms with Gasteiger partial charge in [-0.05, 0) is 13.3 Å². The number of rotatable bonds is 10. The van der Waals surface area contributed by atoms with Crippen molar-refractivity contribution >= 4 is 11.8 Å². The van der Waals surface area contributed by atoms with E-state index in [0.717, 1.165) is 6.42 Å². The Morgan fingerprint density at radius 1 is 1.12 bits per heavy atom. The molecule has 0 radical (unpaired) electrons. The minimum atomic E-state index is -0.338. The first-order valence-corrected chi connectivity index (χ1v) is 5.44. The first kappa shape index (κ1) is 15.1. The first-order valence-electron chi connectivity index (χ1n) is 5.44. The summed E-state index contributed by atoms with van der Waals surface area (Å²) in [5.41, 5.74) is 0. The van der Waals surface area contributed by atoms with Gasteiger partial charge in [0.15, 0.2) is 5.78 Å². The topological polar surface area (TPSA) is 61.8 Å². The van der Waals surface area contributed by atoms with Gasteiger partial charge < -0.3 is 14.2 Å². The summed E-state index contributed by atoms with van der Waals surface area (Å²) in [6.45, 7) is 3.26. The Kier molecular flexibility index (Phi) is 9.95. The van der Waals surface area contributed by atoms with Crippen molar-refractivity contribution < 1.29 is 23.8 Å². The summed E-state index contributed by atoms with van der Waals surface area (Å²) < 4.78 is 14.6. The van der Waals surface area contributed by atoms with Gasteiger partial charge in [0.1, 0.15) is 6.61 Å². The number of carbonyl (C=O) groups is 2. The summed E-state index contributed by atoms with van der Waals surface area (Å²) in [5, 5.41) is 0. The van der Waals surface area contributed by atoms with Crippen molar-refractivity contribution in [3.63, 3.8) is 0 Å². The molecule has 0 aromatic heterocycles. The molecule has 0 aliphatic heterocycles. The molecule has 5 heteroatoms. The van der Waals surface area contributed by atoms with Gasteiger partial charge in [-0.15, -0.1) is 0 Å². The van der Waals surface area contributed by atoms with Gasteiger partial charge in [0.25, 0.3) is 0 Å². The lowest BCUT2D eigenvalue weighted by molar-refractivity contribution is -0.144. The molecule has 0 atom stereocenters. The molecule has 0 unspecified atom stereocenters. The van der Waals surface area contributed by atoms with Gasteiger partial charge in [-0.3, -0.25) is 9.59 Å². The second-order valence-electron chi connectivity index (χ2n) is 3.24. The van der Waals surface area contributed by atoms with Crippen LogP contribution in [-0.2, 0) is 23.8 Å². The van der Waals surface area contributed by atoms with Gasteiger partial charge in [-0.2, -0.15) is 0 Å². The smallest absolute Gasteiger partial charge is 0.306 e. The number of ketones is 1. The van der Waals surface area contributed by atoms with Crippen LogP contribution < -0.4 is 0 Å². The van der Waals surface area contributed by atoms with Crippen molar-refractivity contribution in [3.05, 3.63) is 0 Å². The fraction of sp³-hybridized carbons (Fsp3) is 0.818. The fourth-order valence-electron chi connectivity index (χ4n) is 1.04. The second kappa shape index (κ2) is 10.6. The average Bonchev–Trinajstić information content (AvgIpc) is 2.26. The van der Waals surface area contributed by atoms with Crippen molar-refractivity contribution in [2.75, 3.05) is 33.5 Å². The van der Waals surface area contributed by atoms with Crippen molar-refractivity contribution in [2.24, 2.45) is 0 Å². The lowest BCUT2D eigenvalue weighted by Crippen LogP contribution is -2.13. The highest BCUT2D eigenvalue weighted by Crippen LogP contribution is 1.95. The van der Waals surface area contributed by atoms with E-state index in [9.17, 15) is 9.59 Å². The van der Waals surface area contributed by atoms with E-state index in [4.69, 9.17) is 14.2 Å². The molecule has 0 amide bonds. The van der Waals surface area contributed by atoms with Crippen molar-refractivity contribution in [2.45, 2.75) is 26.2 Å². The monoisotopic (exact) mass is 232 g/mol. The highest BCUT2D eigenvalue weighted by Gasteiger charge is 2.07. The minimum absolute atomic E-state index is 0.0587. The predicted molar refractivity (Wildman–Crippen MR) is 58.2 cm³/mol. The van der Waals surface area contributed by atoms with Crippen LogP contribution >= 0.6 is 0 Å². The Morgan fingerprint density at radius 3 is 2.50 bits per heavy atom. The van der Waals surface area contributed by atoms with Crippen molar-refractivity contribution in [3.8, 4) is 0 Å². The highest BCUT2D eigenvalue weighted by molar-refractivity contribution is 5.83. The largest absolute Gasteiger partial charge is 0.466 e.